The molecule has 0 spiro atoms. The van der Waals surface area contributed by atoms with Crippen molar-refractivity contribution in [2.24, 2.45) is 40.4 Å². The number of rotatable bonds is 7. The predicted octanol–water partition coefficient (Wildman–Crippen LogP) is 3.19. The van der Waals surface area contributed by atoms with Crippen molar-refractivity contribution >= 4 is 11.9 Å². The van der Waals surface area contributed by atoms with Gasteiger partial charge in [-0.15, -0.1) is 0 Å². The normalized spacial score (nSPS) is 44.1. The standard InChI is InChI=1S/C25H42N2O4/c1-24-10-8-19-23(20(28)14-17-15-26-13-11-25(17,19)2)18(24)7-6-16(24)4-3-5-21(29)27-12-9-22(30)31/h16-20,23,26,28H,3-15H2,1-2H3,(H,27,29)(H,30,31). The average Bonchev–Trinajstić information content (AvgIpc) is 3.04. The van der Waals surface area contributed by atoms with E-state index in [1.54, 1.807) is 0 Å². The second-order valence-electron chi connectivity index (χ2n) is 11.5. The van der Waals surface area contributed by atoms with Gasteiger partial charge in [0.15, 0.2) is 0 Å². The maximum atomic E-state index is 12.0. The number of amides is 1. The van der Waals surface area contributed by atoms with Gasteiger partial charge in [0, 0.05) is 13.0 Å². The lowest BCUT2D eigenvalue weighted by Crippen LogP contribution is -2.60. The van der Waals surface area contributed by atoms with Crippen LogP contribution in [0.2, 0.25) is 0 Å². The first-order valence-corrected chi connectivity index (χ1v) is 12.6. The highest BCUT2D eigenvalue weighted by Gasteiger charge is 2.61. The van der Waals surface area contributed by atoms with Gasteiger partial charge in [-0.3, -0.25) is 9.59 Å². The van der Waals surface area contributed by atoms with Crippen molar-refractivity contribution in [1.82, 2.24) is 10.6 Å². The Bertz CT molecular complexity index is 684. The number of piperidine rings is 1. The van der Waals surface area contributed by atoms with E-state index in [4.69, 9.17) is 5.11 Å². The van der Waals surface area contributed by atoms with Gasteiger partial charge in [0.25, 0.3) is 0 Å². The lowest BCUT2D eigenvalue weighted by molar-refractivity contribution is -0.159. The number of fused-ring (bicyclic) bond motifs is 5. The van der Waals surface area contributed by atoms with Gasteiger partial charge in [-0.1, -0.05) is 13.8 Å². The van der Waals surface area contributed by atoms with E-state index < -0.39 is 5.97 Å². The zero-order chi connectivity index (χ0) is 22.2. The molecule has 0 radical (unpaired) electrons. The van der Waals surface area contributed by atoms with Crippen LogP contribution in [0, 0.1) is 40.4 Å². The van der Waals surface area contributed by atoms with Crippen LogP contribution < -0.4 is 10.6 Å². The fourth-order valence-electron chi connectivity index (χ4n) is 8.35. The van der Waals surface area contributed by atoms with Crippen LogP contribution in [0.15, 0.2) is 0 Å². The maximum absolute atomic E-state index is 12.0. The van der Waals surface area contributed by atoms with E-state index in [1.807, 2.05) is 0 Å². The van der Waals surface area contributed by atoms with Crippen molar-refractivity contribution in [3.05, 3.63) is 0 Å². The van der Waals surface area contributed by atoms with Crippen molar-refractivity contribution in [1.29, 1.82) is 0 Å². The van der Waals surface area contributed by atoms with Crippen molar-refractivity contribution in [2.45, 2.75) is 84.2 Å². The third kappa shape index (κ3) is 4.27. The topological polar surface area (TPSA) is 98.7 Å². The first-order chi connectivity index (χ1) is 14.8. The lowest BCUT2D eigenvalue weighted by atomic mass is 9.45. The Morgan fingerprint density at radius 3 is 2.61 bits per heavy atom. The minimum Gasteiger partial charge on any atom is -0.481 e. The zero-order valence-electron chi connectivity index (χ0n) is 19.4. The van der Waals surface area contributed by atoms with Crippen molar-refractivity contribution in [3.8, 4) is 0 Å². The summed E-state index contributed by atoms with van der Waals surface area (Å²) in [6, 6.07) is 0. The second kappa shape index (κ2) is 9.01. The second-order valence-corrected chi connectivity index (χ2v) is 11.5. The molecule has 6 heteroatoms. The summed E-state index contributed by atoms with van der Waals surface area (Å²) in [5.41, 5.74) is 0.667. The Morgan fingerprint density at radius 1 is 1.06 bits per heavy atom. The summed E-state index contributed by atoms with van der Waals surface area (Å²) in [5.74, 6) is 2.05. The molecule has 0 aromatic carbocycles. The number of hydrogen-bond donors (Lipinski definition) is 4. The quantitative estimate of drug-likeness (QED) is 0.493. The van der Waals surface area contributed by atoms with E-state index in [0.29, 0.717) is 41.4 Å². The largest absolute Gasteiger partial charge is 0.481 e. The summed E-state index contributed by atoms with van der Waals surface area (Å²) in [7, 11) is 0. The molecule has 1 saturated heterocycles. The van der Waals surface area contributed by atoms with Gasteiger partial charge in [-0.25, -0.2) is 0 Å². The van der Waals surface area contributed by atoms with Crippen LogP contribution in [0.1, 0.15) is 78.1 Å². The van der Waals surface area contributed by atoms with Gasteiger partial charge < -0.3 is 20.8 Å². The highest BCUT2D eigenvalue weighted by atomic mass is 16.4. The highest BCUT2D eigenvalue weighted by Crippen LogP contribution is 2.66. The summed E-state index contributed by atoms with van der Waals surface area (Å²) in [6.45, 7) is 7.39. The summed E-state index contributed by atoms with van der Waals surface area (Å²) in [5, 5.41) is 26.2. The van der Waals surface area contributed by atoms with Crippen LogP contribution >= 0.6 is 0 Å². The fourth-order valence-corrected chi connectivity index (χ4v) is 8.35. The monoisotopic (exact) mass is 434 g/mol. The highest BCUT2D eigenvalue weighted by molar-refractivity contribution is 5.76. The smallest absolute Gasteiger partial charge is 0.305 e. The van der Waals surface area contributed by atoms with E-state index in [2.05, 4.69) is 24.5 Å². The number of carbonyl (C=O) groups is 2. The molecule has 0 bridgehead atoms. The van der Waals surface area contributed by atoms with Crippen molar-refractivity contribution in [3.63, 3.8) is 0 Å². The molecule has 8 atom stereocenters. The Labute approximate surface area is 186 Å². The number of carboxylic acids is 1. The zero-order valence-corrected chi connectivity index (χ0v) is 19.4. The number of aliphatic hydroxyl groups is 1. The number of hydrogen-bond acceptors (Lipinski definition) is 4. The molecule has 31 heavy (non-hydrogen) atoms. The van der Waals surface area contributed by atoms with Crippen LogP contribution in [0.4, 0.5) is 0 Å². The first-order valence-electron chi connectivity index (χ1n) is 12.6. The van der Waals surface area contributed by atoms with Crippen LogP contribution in [-0.4, -0.2) is 47.8 Å². The molecular formula is C25H42N2O4. The third-order valence-corrected chi connectivity index (χ3v) is 10.1. The molecule has 3 aliphatic carbocycles. The number of carboxylic acid groups (broad SMARTS) is 1. The van der Waals surface area contributed by atoms with E-state index in [1.165, 1.54) is 32.1 Å². The first kappa shape index (κ1) is 23.0. The summed E-state index contributed by atoms with van der Waals surface area (Å²) < 4.78 is 0. The average molecular weight is 435 g/mol. The third-order valence-electron chi connectivity index (χ3n) is 10.1. The van der Waals surface area contributed by atoms with Gasteiger partial charge in [0.1, 0.15) is 0 Å². The van der Waals surface area contributed by atoms with E-state index >= 15 is 0 Å². The Morgan fingerprint density at radius 2 is 1.84 bits per heavy atom. The van der Waals surface area contributed by atoms with Crippen molar-refractivity contribution < 1.29 is 19.8 Å². The van der Waals surface area contributed by atoms with Crippen LogP contribution in [0.3, 0.4) is 0 Å². The van der Waals surface area contributed by atoms with Crippen LogP contribution in [0.5, 0.6) is 0 Å². The molecule has 4 N–H and O–H groups in total. The van der Waals surface area contributed by atoms with Gasteiger partial charge >= 0.3 is 5.97 Å². The molecule has 6 nitrogen and oxygen atoms in total. The molecule has 8 unspecified atom stereocenters. The molecule has 0 aromatic rings. The fraction of sp³-hybridized carbons (Fsp3) is 0.920. The molecule has 1 aliphatic heterocycles. The van der Waals surface area contributed by atoms with E-state index in [-0.39, 0.29) is 30.4 Å². The SMILES string of the molecule is CC12CCC3C(C(O)CC4CNCCC43C)C1CCC2CCCC(=O)NCCC(=O)O. The predicted molar refractivity (Wildman–Crippen MR) is 119 cm³/mol. The summed E-state index contributed by atoms with van der Waals surface area (Å²) in [4.78, 5) is 22.6. The Hall–Kier alpha value is -1.14. The number of aliphatic hydroxyl groups excluding tert-OH is 1. The molecule has 1 amide bonds. The minimum atomic E-state index is -0.879. The maximum Gasteiger partial charge on any atom is 0.305 e. The van der Waals surface area contributed by atoms with Crippen LogP contribution in [0.25, 0.3) is 0 Å². The molecule has 3 saturated carbocycles. The Kier molecular flexibility index (Phi) is 6.69. The summed E-state index contributed by atoms with van der Waals surface area (Å²) >= 11 is 0. The van der Waals surface area contributed by atoms with Crippen molar-refractivity contribution in [2.75, 3.05) is 19.6 Å². The van der Waals surface area contributed by atoms with Gasteiger partial charge in [0.05, 0.1) is 12.5 Å². The van der Waals surface area contributed by atoms with Crippen LogP contribution in [-0.2, 0) is 9.59 Å². The van der Waals surface area contributed by atoms with Gasteiger partial charge in [-0.2, -0.15) is 0 Å². The molecule has 4 aliphatic rings. The van der Waals surface area contributed by atoms with Gasteiger partial charge in [-0.05, 0) is 105 Å². The number of aliphatic carboxylic acids is 1. The van der Waals surface area contributed by atoms with Gasteiger partial charge in [0.2, 0.25) is 5.91 Å². The lowest BCUT2D eigenvalue weighted by Gasteiger charge is -2.62. The number of nitrogens with one attached hydrogen (secondary N) is 2. The van der Waals surface area contributed by atoms with E-state index in [0.717, 1.165) is 32.4 Å². The molecular weight excluding hydrogens is 392 g/mol. The van der Waals surface area contributed by atoms with E-state index in [9.17, 15) is 14.7 Å². The molecule has 4 rings (SSSR count). The molecule has 176 valence electrons. The molecule has 1 heterocycles. The molecule has 0 aromatic heterocycles. The molecule has 4 fully saturated rings. The summed E-state index contributed by atoms with van der Waals surface area (Å²) in [6.07, 6.45) is 9.39. The Balaban J connectivity index is 1.35. The minimum absolute atomic E-state index is 0.0190. The number of carbonyl (C=O) groups excluding carboxylic acids is 1.